The van der Waals surface area contributed by atoms with Gasteiger partial charge in [-0.2, -0.15) is 5.26 Å². The third-order valence-corrected chi connectivity index (χ3v) is 4.85. The smallest absolute Gasteiger partial charge is 0.225 e. The van der Waals surface area contributed by atoms with Crippen LogP contribution < -0.4 is 5.32 Å². The average Bonchev–Trinajstić information content (AvgIpc) is 3.36. The predicted molar refractivity (Wildman–Crippen MR) is 92.8 cm³/mol. The van der Waals surface area contributed by atoms with E-state index >= 15 is 0 Å². The number of para-hydroxylation sites is 1. The molecule has 3 rings (SSSR count). The Morgan fingerprint density at radius 2 is 2.21 bits per heavy atom. The Morgan fingerprint density at radius 1 is 1.42 bits per heavy atom. The fraction of sp³-hybridized carbons (Fsp3) is 0.412. The number of carbonyl (C=O) groups is 1. The van der Waals surface area contributed by atoms with Gasteiger partial charge in [0.25, 0.3) is 0 Å². The standard InChI is InChI=1S/C17H19N5OS/c1-2-22-16(12-7-8-12)20-21-17(22)24-10-9-15(23)19-14-6-4-3-5-13(14)11-18/h3-6,12H,2,7-10H2,1H3,(H,19,23). The number of nitrogens with zero attached hydrogens (tertiary/aromatic N) is 4. The minimum Gasteiger partial charge on any atom is -0.325 e. The maximum Gasteiger partial charge on any atom is 0.225 e. The van der Waals surface area contributed by atoms with Crippen LogP contribution in [0.25, 0.3) is 0 Å². The lowest BCUT2D eigenvalue weighted by molar-refractivity contribution is -0.115. The molecule has 1 aliphatic rings. The highest BCUT2D eigenvalue weighted by atomic mass is 32.2. The van der Waals surface area contributed by atoms with Crippen LogP contribution >= 0.6 is 11.8 Å². The van der Waals surface area contributed by atoms with E-state index in [0.717, 1.165) is 17.5 Å². The summed E-state index contributed by atoms with van der Waals surface area (Å²) in [5, 5.41) is 21.3. The molecule has 1 aliphatic carbocycles. The zero-order valence-electron chi connectivity index (χ0n) is 13.5. The molecule has 1 aromatic heterocycles. The van der Waals surface area contributed by atoms with E-state index in [1.54, 1.807) is 36.0 Å². The number of nitriles is 1. The Morgan fingerprint density at radius 3 is 2.92 bits per heavy atom. The van der Waals surface area contributed by atoms with Gasteiger partial charge >= 0.3 is 0 Å². The number of hydrogen-bond donors (Lipinski definition) is 1. The first-order valence-electron chi connectivity index (χ1n) is 8.07. The van der Waals surface area contributed by atoms with Crippen LogP contribution in [0.4, 0.5) is 5.69 Å². The molecule has 24 heavy (non-hydrogen) atoms. The quantitative estimate of drug-likeness (QED) is 0.782. The van der Waals surface area contributed by atoms with Crippen molar-refractivity contribution in [3.8, 4) is 6.07 Å². The van der Waals surface area contributed by atoms with Gasteiger partial charge in [-0.05, 0) is 31.9 Å². The van der Waals surface area contributed by atoms with E-state index in [4.69, 9.17) is 5.26 Å². The van der Waals surface area contributed by atoms with Gasteiger partial charge in [0, 0.05) is 24.6 Å². The Kier molecular flexibility index (Phi) is 5.16. The summed E-state index contributed by atoms with van der Waals surface area (Å²) in [6.07, 6.45) is 2.76. The lowest BCUT2D eigenvalue weighted by Crippen LogP contribution is -2.13. The third kappa shape index (κ3) is 3.77. The number of anilines is 1. The molecule has 0 atom stereocenters. The van der Waals surface area contributed by atoms with Crippen molar-refractivity contribution >= 4 is 23.4 Å². The number of aromatic nitrogens is 3. The fourth-order valence-electron chi connectivity index (χ4n) is 2.48. The third-order valence-electron chi connectivity index (χ3n) is 3.89. The van der Waals surface area contributed by atoms with Gasteiger partial charge in [0.2, 0.25) is 5.91 Å². The summed E-state index contributed by atoms with van der Waals surface area (Å²) in [7, 11) is 0. The van der Waals surface area contributed by atoms with Gasteiger partial charge in [-0.25, -0.2) is 0 Å². The van der Waals surface area contributed by atoms with Crippen LogP contribution in [-0.2, 0) is 11.3 Å². The number of rotatable bonds is 7. The van der Waals surface area contributed by atoms with Crippen molar-refractivity contribution in [3.05, 3.63) is 35.7 Å². The maximum absolute atomic E-state index is 12.1. The van der Waals surface area contributed by atoms with Gasteiger partial charge in [-0.3, -0.25) is 4.79 Å². The summed E-state index contributed by atoms with van der Waals surface area (Å²) in [5.74, 6) is 2.17. The van der Waals surface area contributed by atoms with Crippen LogP contribution in [0.15, 0.2) is 29.4 Å². The van der Waals surface area contributed by atoms with Crippen molar-refractivity contribution in [1.29, 1.82) is 5.26 Å². The first-order valence-corrected chi connectivity index (χ1v) is 9.06. The average molecular weight is 341 g/mol. The Labute approximate surface area is 145 Å². The van der Waals surface area contributed by atoms with E-state index in [0.29, 0.717) is 29.3 Å². The number of amides is 1. The molecule has 1 amide bonds. The summed E-state index contributed by atoms with van der Waals surface area (Å²) in [4.78, 5) is 12.1. The van der Waals surface area contributed by atoms with Crippen molar-refractivity contribution in [3.63, 3.8) is 0 Å². The minimum absolute atomic E-state index is 0.102. The van der Waals surface area contributed by atoms with E-state index in [2.05, 4.69) is 33.1 Å². The lowest BCUT2D eigenvalue weighted by atomic mass is 10.2. The summed E-state index contributed by atoms with van der Waals surface area (Å²) in [6.45, 7) is 2.94. The molecule has 1 aromatic carbocycles. The van der Waals surface area contributed by atoms with Crippen LogP contribution in [0.2, 0.25) is 0 Å². The van der Waals surface area contributed by atoms with Crippen molar-refractivity contribution in [2.24, 2.45) is 0 Å². The number of carbonyl (C=O) groups excluding carboxylic acids is 1. The Balaban J connectivity index is 1.53. The van der Waals surface area contributed by atoms with E-state index in [9.17, 15) is 4.79 Å². The predicted octanol–water partition coefficient (Wildman–Crippen LogP) is 3.17. The molecule has 0 radical (unpaired) electrons. The van der Waals surface area contributed by atoms with Crippen LogP contribution in [0, 0.1) is 11.3 Å². The first-order chi connectivity index (χ1) is 11.7. The van der Waals surface area contributed by atoms with E-state index in [-0.39, 0.29) is 5.91 Å². The number of benzene rings is 1. The zero-order chi connectivity index (χ0) is 16.9. The second kappa shape index (κ2) is 7.49. The molecule has 0 saturated heterocycles. The zero-order valence-corrected chi connectivity index (χ0v) is 14.3. The van der Waals surface area contributed by atoms with Crippen LogP contribution in [0.1, 0.15) is 43.5 Å². The van der Waals surface area contributed by atoms with Crippen molar-refractivity contribution in [1.82, 2.24) is 14.8 Å². The van der Waals surface area contributed by atoms with Gasteiger partial charge in [-0.15, -0.1) is 10.2 Å². The molecule has 0 unspecified atom stereocenters. The van der Waals surface area contributed by atoms with Gasteiger partial charge in [0.15, 0.2) is 5.16 Å². The summed E-state index contributed by atoms with van der Waals surface area (Å²) >= 11 is 1.55. The SMILES string of the molecule is CCn1c(SCCC(=O)Nc2ccccc2C#N)nnc1C1CC1. The number of thioether (sulfide) groups is 1. The monoisotopic (exact) mass is 341 g/mol. The molecule has 0 spiro atoms. The van der Waals surface area contributed by atoms with Crippen LogP contribution in [0.5, 0.6) is 0 Å². The molecule has 7 heteroatoms. The topological polar surface area (TPSA) is 83.6 Å². The Hall–Kier alpha value is -2.33. The molecule has 1 saturated carbocycles. The number of nitrogens with one attached hydrogen (secondary N) is 1. The van der Waals surface area contributed by atoms with Gasteiger partial charge in [-0.1, -0.05) is 23.9 Å². The van der Waals surface area contributed by atoms with E-state index < -0.39 is 0 Å². The molecular weight excluding hydrogens is 322 g/mol. The van der Waals surface area contributed by atoms with Gasteiger partial charge in [0.1, 0.15) is 11.9 Å². The lowest BCUT2D eigenvalue weighted by Gasteiger charge is -2.08. The molecule has 1 N–H and O–H groups in total. The molecule has 1 heterocycles. The molecule has 2 aromatic rings. The largest absolute Gasteiger partial charge is 0.325 e. The fourth-order valence-corrected chi connectivity index (χ4v) is 3.43. The molecule has 6 nitrogen and oxygen atoms in total. The van der Waals surface area contributed by atoms with Crippen molar-refractivity contribution in [2.75, 3.05) is 11.1 Å². The Bertz CT molecular complexity index is 776. The van der Waals surface area contributed by atoms with E-state index in [1.807, 2.05) is 0 Å². The normalized spacial score (nSPS) is 13.5. The highest BCUT2D eigenvalue weighted by Crippen LogP contribution is 2.40. The van der Waals surface area contributed by atoms with Gasteiger partial charge in [0.05, 0.1) is 11.3 Å². The summed E-state index contributed by atoms with van der Waals surface area (Å²) < 4.78 is 2.14. The molecule has 0 aliphatic heterocycles. The molecule has 0 bridgehead atoms. The second-order valence-corrected chi connectivity index (χ2v) is 6.73. The molecule has 124 valence electrons. The maximum atomic E-state index is 12.1. The summed E-state index contributed by atoms with van der Waals surface area (Å²) in [6, 6.07) is 9.08. The highest BCUT2D eigenvalue weighted by molar-refractivity contribution is 7.99. The second-order valence-electron chi connectivity index (χ2n) is 5.66. The minimum atomic E-state index is -0.102. The van der Waals surface area contributed by atoms with Crippen LogP contribution in [-0.4, -0.2) is 26.4 Å². The number of hydrogen-bond acceptors (Lipinski definition) is 5. The van der Waals surface area contributed by atoms with Crippen molar-refractivity contribution in [2.45, 2.75) is 43.8 Å². The first kappa shape index (κ1) is 16.5. The summed E-state index contributed by atoms with van der Waals surface area (Å²) in [5.41, 5.74) is 1.03. The van der Waals surface area contributed by atoms with Crippen molar-refractivity contribution < 1.29 is 4.79 Å². The van der Waals surface area contributed by atoms with E-state index in [1.165, 1.54) is 12.8 Å². The highest BCUT2D eigenvalue weighted by Gasteiger charge is 2.29. The van der Waals surface area contributed by atoms with Crippen LogP contribution in [0.3, 0.4) is 0 Å². The molecule has 1 fully saturated rings. The van der Waals surface area contributed by atoms with Gasteiger partial charge < -0.3 is 9.88 Å². The molecular formula is C17H19N5OS.